The third kappa shape index (κ3) is 5.03. The summed E-state index contributed by atoms with van der Waals surface area (Å²) in [6.07, 6.45) is 3.09. The van der Waals surface area contributed by atoms with Crippen molar-refractivity contribution in [3.05, 3.63) is 65.5 Å². The molecule has 1 saturated heterocycles. The van der Waals surface area contributed by atoms with Crippen molar-refractivity contribution in [3.63, 3.8) is 0 Å². The van der Waals surface area contributed by atoms with Crippen molar-refractivity contribution in [1.29, 1.82) is 0 Å². The van der Waals surface area contributed by atoms with Crippen LogP contribution in [0.1, 0.15) is 24.0 Å². The van der Waals surface area contributed by atoms with E-state index >= 15 is 0 Å². The zero-order valence-electron chi connectivity index (χ0n) is 14.1. The van der Waals surface area contributed by atoms with E-state index in [1.54, 1.807) is 12.1 Å². The maximum absolute atomic E-state index is 13.6. The molecule has 2 aromatic carbocycles. The molecule has 25 heavy (non-hydrogen) atoms. The zero-order chi connectivity index (χ0) is 17.7. The first kappa shape index (κ1) is 17.9. The van der Waals surface area contributed by atoms with Gasteiger partial charge in [-0.25, -0.2) is 17.5 Å². The molecular weight excluding hydrogens is 339 g/mol. The molecule has 3 rings (SSSR count). The number of benzene rings is 2. The van der Waals surface area contributed by atoms with Crippen LogP contribution in [0.15, 0.2) is 48.5 Å². The van der Waals surface area contributed by atoms with Crippen molar-refractivity contribution in [2.75, 3.05) is 24.5 Å². The van der Waals surface area contributed by atoms with Gasteiger partial charge in [-0.15, -0.1) is 0 Å². The van der Waals surface area contributed by atoms with Crippen LogP contribution in [0.25, 0.3) is 0 Å². The van der Waals surface area contributed by atoms with E-state index in [0.29, 0.717) is 13.0 Å². The number of rotatable bonds is 7. The molecule has 0 bridgehead atoms. The summed E-state index contributed by atoms with van der Waals surface area (Å²) in [5.41, 5.74) is 2.49. The monoisotopic (exact) mass is 362 g/mol. The fourth-order valence-electron chi connectivity index (χ4n) is 3.07. The Labute approximate surface area is 148 Å². The van der Waals surface area contributed by atoms with Gasteiger partial charge in [0.25, 0.3) is 0 Å². The Bertz CT molecular complexity index is 800. The van der Waals surface area contributed by atoms with Crippen LogP contribution < -0.4 is 9.62 Å². The summed E-state index contributed by atoms with van der Waals surface area (Å²) >= 11 is 0. The van der Waals surface area contributed by atoms with Crippen LogP contribution in [0.3, 0.4) is 0 Å². The number of nitrogens with one attached hydrogen (secondary N) is 1. The lowest BCUT2D eigenvalue weighted by Gasteiger charge is -2.17. The number of sulfonamides is 1. The maximum atomic E-state index is 13.6. The highest BCUT2D eigenvalue weighted by Gasteiger charge is 2.14. The average molecular weight is 362 g/mol. The Balaban J connectivity index is 1.50. The van der Waals surface area contributed by atoms with Gasteiger partial charge in [0.05, 0.1) is 5.75 Å². The van der Waals surface area contributed by atoms with Crippen molar-refractivity contribution in [1.82, 2.24) is 4.72 Å². The molecule has 0 saturated carbocycles. The van der Waals surface area contributed by atoms with Crippen LogP contribution in [-0.2, 0) is 22.2 Å². The Hall–Kier alpha value is -1.92. The molecule has 1 N–H and O–H groups in total. The van der Waals surface area contributed by atoms with Crippen LogP contribution in [-0.4, -0.2) is 28.1 Å². The number of anilines is 1. The number of halogens is 1. The van der Waals surface area contributed by atoms with Gasteiger partial charge in [-0.3, -0.25) is 0 Å². The fourth-order valence-corrected chi connectivity index (χ4v) is 4.23. The minimum atomic E-state index is -3.55. The van der Waals surface area contributed by atoms with Crippen LogP contribution in [0.5, 0.6) is 0 Å². The van der Waals surface area contributed by atoms with Gasteiger partial charge in [0.2, 0.25) is 10.0 Å². The van der Waals surface area contributed by atoms with E-state index in [9.17, 15) is 12.8 Å². The minimum Gasteiger partial charge on any atom is -0.372 e. The molecule has 0 aliphatic carbocycles. The predicted octanol–water partition coefficient (Wildman–Crippen LogP) is 3.09. The first-order valence-corrected chi connectivity index (χ1v) is 10.2. The van der Waals surface area contributed by atoms with E-state index in [1.165, 1.54) is 30.7 Å². The smallest absolute Gasteiger partial charge is 0.215 e. The highest BCUT2D eigenvalue weighted by atomic mass is 32.2. The van der Waals surface area contributed by atoms with Gasteiger partial charge < -0.3 is 4.90 Å². The fraction of sp³-hybridized carbons (Fsp3) is 0.368. The van der Waals surface area contributed by atoms with Crippen LogP contribution in [0.2, 0.25) is 0 Å². The molecule has 0 atom stereocenters. The molecule has 0 spiro atoms. The maximum Gasteiger partial charge on any atom is 0.215 e. The van der Waals surface area contributed by atoms with E-state index in [-0.39, 0.29) is 11.3 Å². The Morgan fingerprint density at radius 2 is 1.68 bits per heavy atom. The van der Waals surface area contributed by atoms with Gasteiger partial charge in [0.15, 0.2) is 0 Å². The van der Waals surface area contributed by atoms with Crippen LogP contribution >= 0.6 is 0 Å². The molecule has 1 aliphatic heterocycles. The molecule has 4 nitrogen and oxygen atoms in total. The van der Waals surface area contributed by atoms with Gasteiger partial charge >= 0.3 is 0 Å². The molecule has 1 aliphatic rings. The third-order valence-electron chi connectivity index (χ3n) is 4.45. The SMILES string of the molecule is O=S(=O)(Cc1ccccc1F)NCCc1ccc(N2CCCC2)cc1. The lowest BCUT2D eigenvalue weighted by atomic mass is 10.1. The Kier molecular flexibility index (Phi) is 5.71. The molecule has 1 fully saturated rings. The zero-order valence-corrected chi connectivity index (χ0v) is 14.9. The standard InChI is InChI=1S/C19H23FN2O2S/c20-19-6-2-1-5-17(19)15-25(23,24)21-12-11-16-7-9-18(10-8-16)22-13-3-4-14-22/h1-2,5-10,21H,3-4,11-15H2. The lowest BCUT2D eigenvalue weighted by Crippen LogP contribution is -2.27. The van der Waals surface area contributed by atoms with Crippen molar-refractivity contribution in [3.8, 4) is 0 Å². The normalized spacial score (nSPS) is 14.8. The number of hydrogen-bond donors (Lipinski definition) is 1. The number of nitrogens with zero attached hydrogens (tertiary/aromatic N) is 1. The van der Waals surface area contributed by atoms with Crippen LogP contribution in [0, 0.1) is 5.82 Å². The second kappa shape index (κ2) is 7.97. The quantitative estimate of drug-likeness (QED) is 0.823. The summed E-state index contributed by atoms with van der Waals surface area (Å²) < 4.78 is 40.3. The molecule has 134 valence electrons. The lowest BCUT2D eigenvalue weighted by molar-refractivity contribution is 0.574. The van der Waals surface area contributed by atoms with E-state index < -0.39 is 15.8 Å². The summed E-state index contributed by atoms with van der Waals surface area (Å²) in [7, 11) is -3.55. The summed E-state index contributed by atoms with van der Waals surface area (Å²) in [4.78, 5) is 2.36. The largest absolute Gasteiger partial charge is 0.372 e. The molecule has 0 radical (unpaired) electrons. The highest BCUT2D eigenvalue weighted by Crippen LogP contribution is 2.20. The third-order valence-corrected chi connectivity index (χ3v) is 5.78. The molecule has 2 aromatic rings. The predicted molar refractivity (Wildman–Crippen MR) is 98.6 cm³/mol. The number of hydrogen-bond acceptors (Lipinski definition) is 3. The second-order valence-corrected chi connectivity index (χ2v) is 8.16. The molecular formula is C19H23FN2O2S. The van der Waals surface area contributed by atoms with E-state index in [0.717, 1.165) is 18.7 Å². The minimum absolute atomic E-state index is 0.185. The van der Waals surface area contributed by atoms with E-state index in [2.05, 4.69) is 21.8 Å². The van der Waals surface area contributed by atoms with Crippen molar-refractivity contribution < 1.29 is 12.8 Å². The van der Waals surface area contributed by atoms with Crippen LogP contribution in [0.4, 0.5) is 10.1 Å². The van der Waals surface area contributed by atoms with Crippen molar-refractivity contribution in [2.45, 2.75) is 25.0 Å². The average Bonchev–Trinajstić information content (AvgIpc) is 3.12. The van der Waals surface area contributed by atoms with E-state index in [4.69, 9.17) is 0 Å². The van der Waals surface area contributed by atoms with Gasteiger partial charge in [-0.05, 0) is 43.0 Å². The van der Waals surface area contributed by atoms with Crippen molar-refractivity contribution >= 4 is 15.7 Å². The molecule has 1 heterocycles. The van der Waals surface area contributed by atoms with Crippen molar-refractivity contribution in [2.24, 2.45) is 0 Å². The summed E-state index contributed by atoms with van der Waals surface area (Å²) in [5.74, 6) is -0.835. The second-order valence-electron chi connectivity index (χ2n) is 6.36. The van der Waals surface area contributed by atoms with Gasteiger partial charge in [-0.2, -0.15) is 0 Å². The van der Waals surface area contributed by atoms with Gasteiger partial charge in [0.1, 0.15) is 5.82 Å². The first-order chi connectivity index (χ1) is 12.0. The van der Waals surface area contributed by atoms with Gasteiger partial charge in [0, 0.05) is 30.9 Å². The summed E-state index contributed by atoms with van der Waals surface area (Å²) in [6.45, 7) is 2.52. The first-order valence-electron chi connectivity index (χ1n) is 8.58. The highest BCUT2D eigenvalue weighted by molar-refractivity contribution is 7.88. The Morgan fingerprint density at radius 1 is 1.00 bits per heavy atom. The molecule has 6 heteroatoms. The molecule has 0 aromatic heterocycles. The van der Waals surface area contributed by atoms with E-state index in [1.807, 2.05) is 12.1 Å². The summed E-state index contributed by atoms with van der Waals surface area (Å²) in [5, 5.41) is 0. The molecule has 0 unspecified atom stereocenters. The topological polar surface area (TPSA) is 49.4 Å². The molecule has 0 amide bonds. The Morgan fingerprint density at radius 3 is 2.36 bits per heavy atom. The van der Waals surface area contributed by atoms with Gasteiger partial charge in [-0.1, -0.05) is 30.3 Å². The summed E-state index contributed by atoms with van der Waals surface area (Å²) in [6, 6.07) is 14.2.